The zero-order valence-electron chi connectivity index (χ0n) is 17.1. The molecule has 0 aliphatic carbocycles. The van der Waals surface area contributed by atoms with Crippen LogP contribution in [0.3, 0.4) is 0 Å². The van der Waals surface area contributed by atoms with Crippen molar-refractivity contribution in [1.29, 1.82) is 0 Å². The van der Waals surface area contributed by atoms with Crippen molar-refractivity contribution in [1.82, 2.24) is 0 Å². The van der Waals surface area contributed by atoms with Crippen LogP contribution in [-0.4, -0.2) is 33.3 Å². The number of carbonyl (C=O) groups is 2. The van der Waals surface area contributed by atoms with E-state index in [4.69, 9.17) is 9.16 Å². The first kappa shape index (κ1) is 23.3. The summed E-state index contributed by atoms with van der Waals surface area (Å²) in [7, 11) is -1.65. The maximum Gasteiger partial charge on any atom is 0.319 e. The Morgan fingerprint density at radius 2 is 1.50 bits per heavy atom. The van der Waals surface area contributed by atoms with Crippen molar-refractivity contribution in [2.75, 3.05) is 13.2 Å². The lowest BCUT2D eigenvalue weighted by atomic mass is 9.81. The SMILES string of the molecule is CCOC(=O)C(C)(CCCCCCO[Si](C)(C)C(C)(C)C)C(C)=O. The van der Waals surface area contributed by atoms with Gasteiger partial charge in [0, 0.05) is 6.61 Å². The third-order valence-electron chi connectivity index (χ3n) is 5.34. The van der Waals surface area contributed by atoms with E-state index in [1.807, 2.05) is 0 Å². The molecule has 4 nitrogen and oxygen atoms in total. The highest BCUT2D eigenvalue weighted by molar-refractivity contribution is 6.74. The van der Waals surface area contributed by atoms with Gasteiger partial charge in [-0.3, -0.25) is 9.59 Å². The van der Waals surface area contributed by atoms with E-state index in [1.54, 1.807) is 13.8 Å². The molecule has 0 saturated carbocycles. The molecule has 0 aliphatic heterocycles. The Labute approximate surface area is 149 Å². The van der Waals surface area contributed by atoms with Gasteiger partial charge in [-0.1, -0.05) is 40.0 Å². The van der Waals surface area contributed by atoms with Gasteiger partial charge in [0.05, 0.1) is 6.61 Å². The summed E-state index contributed by atoms with van der Waals surface area (Å²) in [5.41, 5.74) is -0.992. The summed E-state index contributed by atoms with van der Waals surface area (Å²) in [6.07, 6.45) is 4.51. The highest BCUT2D eigenvalue weighted by Crippen LogP contribution is 2.36. The van der Waals surface area contributed by atoms with Crippen molar-refractivity contribution < 1.29 is 18.8 Å². The molecule has 0 rings (SSSR count). The Morgan fingerprint density at radius 1 is 0.958 bits per heavy atom. The summed E-state index contributed by atoms with van der Waals surface area (Å²) in [6, 6.07) is 0. The van der Waals surface area contributed by atoms with E-state index in [0.29, 0.717) is 13.0 Å². The average Bonchev–Trinajstić information content (AvgIpc) is 2.44. The molecule has 0 bridgehead atoms. The van der Waals surface area contributed by atoms with Gasteiger partial charge in [0.15, 0.2) is 8.32 Å². The van der Waals surface area contributed by atoms with Gasteiger partial charge in [-0.05, 0) is 51.7 Å². The summed E-state index contributed by atoms with van der Waals surface area (Å²) in [6.45, 7) is 17.3. The Balaban J connectivity index is 4.13. The van der Waals surface area contributed by atoms with Crippen LogP contribution in [0.2, 0.25) is 18.1 Å². The molecule has 5 heteroatoms. The lowest BCUT2D eigenvalue weighted by Gasteiger charge is -2.36. The average molecular weight is 359 g/mol. The lowest BCUT2D eigenvalue weighted by molar-refractivity contribution is -0.159. The second-order valence-corrected chi connectivity index (χ2v) is 13.2. The van der Waals surface area contributed by atoms with Crippen LogP contribution < -0.4 is 0 Å². The Morgan fingerprint density at radius 3 is 1.96 bits per heavy atom. The van der Waals surface area contributed by atoms with Crippen molar-refractivity contribution in [3.05, 3.63) is 0 Å². The predicted octanol–water partition coefficient (Wildman–Crippen LogP) is 5.12. The number of rotatable bonds is 11. The molecule has 0 amide bonds. The van der Waals surface area contributed by atoms with Crippen molar-refractivity contribution in [3.8, 4) is 0 Å². The molecule has 1 unspecified atom stereocenters. The molecule has 0 aliphatic rings. The second-order valence-electron chi connectivity index (χ2n) is 8.38. The number of hydrogen-bond donors (Lipinski definition) is 0. The van der Waals surface area contributed by atoms with Gasteiger partial charge < -0.3 is 9.16 Å². The van der Waals surface area contributed by atoms with Crippen LogP contribution >= 0.6 is 0 Å². The Kier molecular flexibility index (Phi) is 9.43. The van der Waals surface area contributed by atoms with Crippen molar-refractivity contribution in [2.24, 2.45) is 5.41 Å². The Hall–Kier alpha value is -0.683. The number of ketones is 1. The minimum absolute atomic E-state index is 0.109. The molecule has 0 heterocycles. The highest BCUT2D eigenvalue weighted by atomic mass is 28.4. The van der Waals surface area contributed by atoms with E-state index in [9.17, 15) is 9.59 Å². The first-order chi connectivity index (χ1) is 10.9. The van der Waals surface area contributed by atoms with E-state index in [2.05, 4.69) is 33.9 Å². The maximum absolute atomic E-state index is 12.0. The van der Waals surface area contributed by atoms with Gasteiger partial charge in [0.25, 0.3) is 0 Å². The molecule has 0 saturated heterocycles. The molecule has 1 atom stereocenters. The van der Waals surface area contributed by atoms with Crippen LogP contribution in [0.25, 0.3) is 0 Å². The van der Waals surface area contributed by atoms with Gasteiger partial charge in [0.2, 0.25) is 0 Å². The van der Waals surface area contributed by atoms with Crippen molar-refractivity contribution in [3.63, 3.8) is 0 Å². The highest BCUT2D eigenvalue weighted by Gasteiger charge is 2.39. The quantitative estimate of drug-likeness (QED) is 0.223. The lowest BCUT2D eigenvalue weighted by Crippen LogP contribution is -2.40. The fraction of sp³-hybridized carbons (Fsp3) is 0.895. The molecule has 0 aromatic rings. The molecule has 0 aromatic carbocycles. The van der Waals surface area contributed by atoms with Gasteiger partial charge in [-0.25, -0.2) is 0 Å². The predicted molar refractivity (Wildman–Crippen MR) is 102 cm³/mol. The zero-order chi connectivity index (χ0) is 19.0. The summed E-state index contributed by atoms with van der Waals surface area (Å²) in [4.78, 5) is 23.9. The summed E-state index contributed by atoms with van der Waals surface area (Å²) in [5.74, 6) is -0.499. The van der Waals surface area contributed by atoms with Crippen LogP contribution in [0.4, 0.5) is 0 Å². The standard InChI is InChI=1S/C19H38O4Si/c1-9-22-17(21)19(6,16(2)20)14-12-10-11-13-15-23-24(7,8)18(3,4)5/h9-15H2,1-8H3. The van der Waals surface area contributed by atoms with E-state index in [0.717, 1.165) is 32.3 Å². The monoisotopic (exact) mass is 358 g/mol. The third-order valence-corrected chi connectivity index (χ3v) is 9.88. The van der Waals surface area contributed by atoms with E-state index >= 15 is 0 Å². The molecular weight excluding hydrogens is 320 g/mol. The topological polar surface area (TPSA) is 52.6 Å². The molecule has 0 fully saturated rings. The number of Topliss-reactive ketones (excluding diaryl/α,β-unsaturated/α-hetero) is 1. The summed E-state index contributed by atoms with van der Waals surface area (Å²) < 4.78 is 11.2. The fourth-order valence-corrected chi connectivity index (χ4v) is 3.28. The first-order valence-electron chi connectivity index (χ1n) is 9.20. The summed E-state index contributed by atoms with van der Waals surface area (Å²) in [5, 5.41) is 0.246. The van der Waals surface area contributed by atoms with Crippen LogP contribution in [0.5, 0.6) is 0 Å². The van der Waals surface area contributed by atoms with Crippen LogP contribution in [0.15, 0.2) is 0 Å². The number of unbranched alkanes of at least 4 members (excludes halogenated alkanes) is 3. The molecule has 0 N–H and O–H groups in total. The molecule has 24 heavy (non-hydrogen) atoms. The maximum atomic E-state index is 12.0. The fourth-order valence-electron chi connectivity index (χ4n) is 2.19. The van der Waals surface area contributed by atoms with Crippen LogP contribution in [0, 0.1) is 5.41 Å². The van der Waals surface area contributed by atoms with E-state index in [-0.39, 0.29) is 10.8 Å². The van der Waals surface area contributed by atoms with Gasteiger partial charge in [-0.15, -0.1) is 0 Å². The van der Waals surface area contributed by atoms with Gasteiger partial charge in [0.1, 0.15) is 11.2 Å². The molecule has 0 aromatic heterocycles. The van der Waals surface area contributed by atoms with Crippen molar-refractivity contribution >= 4 is 20.1 Å². The van der Waals surface area contributed by atoms with Crippen LogP contribution in [0.1, 0.15) is 73.6 Å². The first-order valence-corrected chi connectivity index (χ1v) is 12.1. The Bertz CT molecular complexity index is 412. The number of ether oxygens (including phenoxy) is 1. The number of carbonyl (C=O) groups excluding carboxylic acids is 2. The van der Waals surface area contributed by atoms with Gasteiger partial charge >= 0.3 is 5.97 Å². The van der Waals surface area contributed by atoms with E-state index in [1.165, 1.54) is 6.92 Å². The zero-order valence-corrected chi connectivity index (χ0v) is 18.1. The largest absolute Gasteiger partial charge is 0.465 e. The van der Waals surface area contributed by atoms with Gasteiger partial charge in [-0.2, -0.15) is 0 Å². The molecule has 0 spiro atoms. The molecule has 142 valence electrons. The minimum Gasteiger partial charge on any atom is -0.465 e. The van der Waals surface area contributed by atoms with Crippen molar-refractivity contribution in [2.45, 2.75) is 91.8 Å². The normalized spacial score (nSPS) is 15.0. The summed E-state index contributed by atoms with van der Waals surface area (Å²) >= 11 is 0. The number of esters is 1. The molecular formula is C19H38O4Si. The number of hydrogen-bond acceptors (Lipinski definition) is 4. The minimum atomic E-state index is -1.65. The second kappa shape index (κ2) is 9.71. The van der Waals surface area contributed by atoms with Crippen LogP contribution in [-0.2, 0) is 18.8 Å². The third kappa shape index (κ3) is 7.05. The van der Waals surface area contributed by atoms with E-state index < -0.39 is 19.7 Å². The molecule has 0 radical (unpaired) electrons. The smallest absolute Gasteiger partial charge is 0.319 e.